The first-order valence-corrected chi connectivity index (χ1v) is 29.1. The van der Waals surface area contributed by atoms with Crippen molar-refractivity contribution in [3.8, 4) is 17.2 Å². The molecule has 428 valence electrons. The van der Waals surface area contributed by atoms with E-state index in [4.69, 9.17) is 37.9 Å². The molecule has 2 fully saturated rings. The minimum Gasteiger partial charge on any atom is -0.494 e. The fourth-order valence-electron chi connectivity index (χ4n) is 9.76. The summed E-state index contributed by atoms with van der Waals surface area (Å²) < 4.78 is 45.0. The molecule has 7 rings (SSSR count). The number of anilines is 1. The Morgan fingerprint density at radius 3 is 1.79 bits per heavy atom. The SMILES string of the molecule is C=CC(=O)OCCCCCCOC1=CCC(OC(=O)C2CCC(C(=O)Oc3ccc(CCOC(=O)C4CCC(C(=O)Oc5ccc(OCCCCCCOC(=O)C=C)cc5)CC4)c(/C=N/Nc4nc5c(s4)C=CCC5)c3)CC2)C=C1. The van der Waals surface area contributed by atoms with Gasteiger partial charge in [-0.3, -0.25) is 24.6 Å². The van der Waals surface area contributed by atoms with Crippen LogP contribution in [0.1, 0.15) is 137 Å². The first-order chi connectivity index (χ1) is 39.0. The number of allylic oxidation sites excluding steroid dienone is 2. The highest BCUT2D eigenvalue weighted by molar-refractivity contribution is 7.16. The van der Waals surface area contributed by atoms with E-state index in [1.165, 1.54) is 11.3 Å². The zero-order valence-corrected chi connectivity index (χ0v) is 46.5. The molecule has 1 unspecified atom stereocenters. The monoisotopic (exact) mass is 1120 g/mol. The zero-order valence-electron chi connectivity index (χ0n) is 45.7. The maximum atomic E-state index is 13.6. The molecule has 0 spiro atoms. The summed E-state index contributed by atoms with van der Waals surface area (Å²) in [5.41, 5.74) is 5.58. The average molecular weight is 1120 g/mol. The molecule has 0 bridgehead atoms. The quantitative estimate of drug-likeness (QED) is 0.0121. The number of hydrazone groups is 1. The number of aromatic nitrogens is 1. The van der Waals surface area contributed by atoms with Crippen LogP contribution in [0.5, 0.6) is 17.2 Å². The first-order valence-electron chi connectivity index (χ1n) is 28.2. The molecule has 2 saturated carbocycles. The first kappa shape index (κ1) is 60.3. The molecule has 0 radical (unpaired) electrons. The van der Waals surface area contributed by atoms with Gasteiger partial charge in [-0.1, -0.05) is 36.6 Å². The largest absolute Gasteiger partial charge is 0.494 e. The predicted octanol–water partition coefficient (Wildman–Crippen LogP) is 11.5. The molecule has 0 saturated heterocycles. The van der Waals surface area contributed by atoms with Gasteiger partial charge in [-0.15, -0.1) is 0 Å². The lowest BCUT2D eigenvalue weighted by atomic mass is 9.82. The molecule has 4 aliphatic rings. The Labute approximate surface area is 472 Å². The molecular weight excluding hydrogens is 1040 g/mol. The normalized spacial score (nSPS) is 19.4. The summed E-state index contributed by atoms with van der Waals surface area (Å²) in [5.74, 6) is -1.22. The Morgan fingerprint density at radius 2 is 1.19 bits per heavy atom. The van der Waals surface area contributed by atoms with Crippen molar-refractivity contribution in [2.24, 2.45) is 28.8 Å². The minimum atomic E-state index is -0.409. The van der Waals surface area contributed by atoms with E-state index in [-0.39, 0.29) is 60.3 Å². The lowest BCUT2D eigenvalue weighted by molar-refractivity contribution is -0.155. The molecule has 0 amide bonds. The highest BCUT2D eigenvalue weighted by Gasteiger charge is 2.34. The van der Waals surface area contributed by atoms with Crippen molar-refractivity contribution in [1.29, 1.82) is 0 Å². The fourth-order valence-corrected chi connectivity index (χ4v) is 10.7. The van der Waals surface area contributed by atoms with Crippen molar-refractivity contribution in [2.75, 3.05) is 38.5 Å². The molecule has 1 atom stereocenters. The van der Waals surface area contributed by atoms with Gasteiger partial charge >= 0.3 is 35.8 Å². The Morgan fingerprint density at radius 1 is 0.625 bits per heavy atom. The van der Waals surface area contributed by atoms with Crippen LogP contribution in [0.25, 0.3) is 6.08 Å². The van der Waals surface area contributed by atoms with Gasteiger partial charge in [0.15, 0.2) is 0 Å². The summed E-state index contributed by atoms with van der Waals surface area (Å²) in [7, 11) is 0. The van der Waals surface area contributed by atoms with Gasteiger partial charge in [-0.25, -0.2) is 14.6 Å². The van der Waals surface area contributed by atoms with Crippen molar-refractivity contribution in [1.82, 2.24) is 4.98 Å². The topological polar surface area (TPSA) is 214 Å². The number of carbonyl (C=O) groups is 6. The maximum Gasteiger partial charge on any atom is 0.330 e. The molecule has 1 heterocycles. The van der Waals surface area contributed by atoms with E-state index in [1.807, 2.05) is 24.3 Å². The summed E-state index contributed by atoms with van der Waals surface area (Å²) in [6.45, 7) is 8.77. The van der Waals surface area contributed by atoms with E-state index < -0.39 is 11.9 Å². The number of carbonyl (C=O) groups excluding carboxylic acids is 6. The van der Waals surface area contributed by atoms with Crippen molar-refractivity contribution in [3.05, 3.63) is 120 Å². The Bertz CT molecular complexity index is 2690. The van der Waals surface area contributed by atoms with Gasteiger partial charge in [0, 0.05) is 30.6 Å². The van der Waals surface area contributed by atoms with Crippen LogP contribution in [0.3, 0.4) is 0 Å². The highest BCUT2D eigenvalue weighted by atomic mass is 32.1. The third-order valence-electron chi connectivity index (χ3n) is 14.4. The molecule has 3 aromatic rings. The van der Waals surface area contributed by atoms with E-state index in [2.05, 4.69) is 40.8 Å². The van der Waals surface area contributed by atoms with Crippen LogP contribution < -0.4 is 19.6 Å². The van der Waals surface area contributed by atoms with Crippen LogP contribution in [0.15, 0.2) is 103 Å². The van der Waals surface area contributed by atoms with Gasteiger partial charge in [0.2, 0.25) is 5.13 Å². The van der Waals surface area contributed by atoms with Crippen LogP contribution in [0, 0.1) is 23.7 Å². The number of benzene rings is 2. The molecule has 17 nitrogen and oxygen atoms in total. The lowest BCUT2D eigenvalue weighted by Gasteiger charge is -2.27. The third-order valence-corrected chi connectivity index (χ3v) is 15.4. The fraction of sp³-hybridized carbons (Fsp3) is 0.484. The summed E-state index contributed by atoms with van der Waals surface area (Å²) in [4.78, 5) is 81.2. The highest BCUT2D eigenvalue weighted by Crippen LogP contribution is 2.34. The second-order valence-electron chi connectivity index (χ2n) is 20.3. The zero-order chi connectivity index (χ0) is 56.3. The maximum absolute atomic E-state index is 13.6. The van der Waals surface area contributed by atoms with Crippen LogP contribution in [0.2, 0.25) is 0 Å². The summed E-state index contributed by atoms with van der Waals surface area (Å²) in [5, 5.41) is 5.16. The lowest BCUT2D eigenvalue weighted by Crippen LogP contribution is -2.31. The minimum absolute atomic E-state index is 0.116. The number of thiazole rings is 1. The van der Waals surface area contributed by atoms with Gasteiger partial charge in [-0.05, 0) is 182 Å². The average Bonchev–Trinajstić information content (AvgIpc) is 3.92. The van der Waals surface area contributed by atoms with Gasteiger partial charge in [0.1, 0.15) is 29.1 Å². The number of unbranched alkanes of at least 4 members (excludes halogenated alkanes) is 6. The van der Waals surface area contributed by atoms with Crippen molar-refractivity contribution in [2.45, 2.75) is 135 Å². The number of aryl methyl sites for hydroxylation is 1. The Kier molecular flexibility index (Phi) is 24.6. The predicted molar refractivity (Wildman–Crippen MR) is 303 cm³/mol. The Hall–Kier alpha value is -7.34. The standard InChI is InChI=1S/C62H75N3O14S/c1-3-56(66)74-38-13-7-5-11-36-72-49-27-31-51(32-28-49)77-59(69)45-19-17-44(18-20-45)58(68)76-40-35-43-25-26-53(41-48(43)42-63-65-62-64-54-15-9-10-16-55(54)80-62)79-61(71)47-23-21-46(22-24-47)60(70)78-52-33-29-50(30-34-52)73-37-12-6-8-14-39-75-57(67)4-2/h3-4,10,16,25-33,41-42,44-47,52H,1-2,5-9,11-15,17-24,34-40H2,(H,64,65)/b63-42+. The van der Waals surface area contributed by atoms with E-state index in [0.717, 1.165) is 98.3 Å². The number of nitrogens with zero attached hydrogens (tertiary/aromatic N) is 2. The van der Waals surface area contributed by atoms with Crippen molar-refractivity contribution < 1.29 is 66.7 Å². The van der Waals surface area contributed by atoms with Crippen LogP contribution in [-0.2, 0) is 65.3 Å². The number of ether oxygens (including phenoxy) is 8. The van der Waals surface area contributed by atoms with E-state index in [9.17, 15) is 28.8 Å². The van der Waals surface area contributed by atoms with Gasteiger partial charge in [0.05, 0.1) is 73.5 Å². The van der Waals surface area contributed by atoms with E-state index in [1.54, 1.807) is 42.6 Å². The molecule has 80 heavy (non-hydrogen) atoms. The molecule has 1 N–H and O–H groups in total. The Balaban J connectivity index is 0.816. The smallest absolute Gasteiger partial charge is 0.330 e. The van der Waals surface area contributed by atoms with Crippen LogP contribution >= 0.6 is 11.3 Å². The van der Waals surface area contributed by atoms with Gasteiger partial charge < -0.3 is 37.9 Å². The van der Waals surface area contributed by atoms with Gasteiger partial charge in [0.25, 0.3) is 0 Å². The molecule has 1 aromatic heterocycles. The number of rotatable bonds is 31. The van der Waals surface area contributed by atoms with Crippen LogP contribution in [0.4, 0.5) is 5.13 Å². The van der Waals surface area contributed by atoms with Crippen LogP contribution in [-0.4, -0.2) is 86.2 Å². The molecule has 2 aromatic carbocycles. The number of esters is 6. The summed E-state index contributed by atoms with van der Waals surface area (Å²) in [6, 6.07) is 12.3. The number of hydrogen-bond donors (Lipinski definition) is 1. The molecular formula is C62H75N3O14S. The number of hydrogen-bond acceptors (Lipinski definition) is 18. The second-order valence-corrected chi connectivity index (χ2v) is 21.3. The molecule has 4 aliphatic carbocycles. The molecule has 18 heteroatoms. The summed E-state index contributed by atoms with van der Waals surface area (Å²) in [6.07, 6.45) is 27.2. The van der Waals surface area contributed by atoms with E-state index >= 15 is 0 Å². The third kappa shape index (κ3) is 20.1. The second kappa shape index (κ2) is 32.7. The van der Waals surface area contributed by atoms with Gasteiger partial charge in [-0.2, -0.15) is 5.10 Å². The van der Waals surface area contributed by atoms with E-state index in [0.29, 0.717) is 119 Å². The van der Waals surface area contributed by atoms with Crippen molar-refractivity contribution >= 4 is 64.6 Å². The number of nitrogens with one attached hydrogen (secondary N) is 1. The van der Waals surface area contributed by atoms with Crippen molar-refractivity contribution in [3.63, 3.8) is 0 Å². The number of fused-ring (bicyclic) bond motifs is 1. The molecule has 0 aliphatic heterocycles. The summed E-state index contributed by atoms with van der Waals surface area (Å²) >= 11 is 1.52.